The summed E-state index contributed by atoms with van der Waals surface area (Å²) >= 11 is 0. The average Bonchev–Trinajstić information content (AvgIpc) is 3.13. The summed E-state index contributed by atoms with van der Waals surface area (Å²) in [7, 11) is 0. The molecule has 0 fully saturated rings. The summed E-state index contributed by atoms with van der Waals surface area (Å²) < 4.78 is 6.01. The Bertz CT molecular complexity index is 1620. The molecule has 3 atom stereocenters. The van der Waals surface area contributed by atoms with E-state index in [0.29, 0.717) is 12.3 Å². The number of rotatable bonds is 25. The van der Waals surface area contributed by atoms with Gasteiger partial charge >= 0.3 is 5.97 Å². The van der Waals surface area contributed by atoms with Crippen LogP contribution in [-0.2, 0) is 9.53 Å². The molecule has 328 valence electrons. The van der Waals surface area contributed by atoms with Gasteiger partial charge in [-0.3, -0.25) is 4.79 Å². The molecule has 0 radical (unpaired) electrons. The Hall–Kier alpha value is -3.43. The van der Waals surface area contributed by atoms with Crippen LogP contribution in [0.2, 0.25) is 0 Å². The molecule has 3 nitrogen and oxygen atoms in total. The van der Waals surface area contributed by atoms with E-state index < -0.39 is 0 Å². The molecular weight excluding hydrogens is 721 g/mol. The van der Waals surface area contributed by atoms with Crippen LogP contribution in [0.5, 0.6) is 0 Å². The van der Waals surface area contributed by atoms with Crippen LogP contribution < -0.4 is 0 Å². The van der Waals surface area contributed by atoms with Crippen molar-refractivity contribution >= 4 is 5.97 Å². The topological polar surface area (TPSA) is 46.5 Å². The summed E-state index contributed by atoms with van der Waals surface area (Å²) in [5.41, 5.74) is 8.69. The first-order chi connectivity index (χ1) is 28.0. The fraction of sp³-hybridized carbons (Fsp3) is 0.589. The van der Waals surface area contributed by atoms with Crippen molar-refractivity contribution in [1.82, 2.24) is 0 Å². The zero-order valence-electron chi connectivity index (χ0n) is 39.7. The Morgan fingerprint density at radius 2 is 1.15 bits per heavy atom. The lowest BCUT2D eigenvalue weighted by Crippen LogP contribution is -2.32. The second-order valence-corrected chi connectivity index (χ2v) is 19.2. The maximum atomic E-state index is 12.7. The van der Waals surface area contributed by atoms with Crippen LogP contribution in [0.25, 0.3) is 0 Å². The molecule has 0 aromatic heterocycles. The van der Waals surface area contributed by atoms with E-state index in [2.05, 4.69) is 161 Å². The Kier molecular flexibility index (Phi) is 24.7. The van der Waals surface area contributed by atoms with Crippen molar-refractivity contribution in [3.63, 3.8) is 0 Å². The standard InChI is InChI=1S/C56H86O3/c1-12-13-14-15-16-17-18-19-20-21-22-23-24-35-54(58)59-51-41-49(7)53(56(10,11)43-51)39-37-47(5)34-28-32-45(3)30-26-25-29-44(2)31-27-33-46(4)36-38-52-48(6)40-50(57)42-55(52,8)9/h25-34,36-40,50-52,57H,12-24,35,41-43H2,1-11H3/b26-25+,31-27-,32-28-,38-36+,39-37+,44-29+,45-30+,46-33-,47-34-. The third kappa shape index (κ3) is 22.1. The Morgan fingerprint density at radius 1 is 0.678 bits per heavy atom. The van der Waals surface area contributed by atoms with Crippen molar-refractivity contribution in [1.29, 1.82) is 0 Å². The van der Waals surface area contributed by atoms with Crippen LogP contribution in [0.3, 0.4) is 0 Å². The molecule has 0 aromatic rings. The highest BCUT2D eigenvalue weighted by molar-refractivity contribution is 5.69. The SMILES string of the molecule is CCCCCCCCCCCCCCCC(=O)OC1CC(C)=C(/C=C/C(C)=C\C=C/C(C)=C/C=C/C=C(C)/C=C\C=C(C)/C=C/C2C(C)=CC(O)CC2(C)C)C(C)(C)C1. The van der Waals surface area contributed by atoms with Gasteiger partial charge in [0.2, 0.25) is 0 Å². The third-order valence-electron chi connectivity index (χ3n) is 12.1. The van der Waals surface area contributed by atoms with Crippen LogP contribution in [0.4, 0.5) is 0 Å². The van der Waals surface area contributed by atoms with Crippen molar-refractivity contribution in [2.75, 3.05) is 0 Å². The first-order valence-electron chi connectivity index (χ1n) is 23.4. The van der Waals surface area contributed by atoms with Gasteiger partial charge in [-0.15, -0.1) is 0 Å². The summed E-state index contributed by atoms with van der Waals surface area (Å²) in [5, 5.41) is 10.1. The van der Waals surface area contributed by atoms with Crippen LogP contribution >= 0.6 is 0 Å². The summed E-state index contributed by atoms with van der Waals surface area (Å²) in [6, 6.07) is 0. The van der Waals surface area contributed by atoms with Crippen LogP contribution in [-0.4, -0.2) is 23.3 Å². The molecule has 2 rings (SSSR count). The van der Waals surface area contributed by atoms with Gasteiger partial charge in [-0.1, -0.05) is 236 Å². The van der Waals surface area contributed by atoms with Crippen LogP contribution in [0.1, 0.15) is 185 Å². The minimum atomic E-state index is -0.337. The Morgan fingerprint density at radius 3 is 1.66 bits per heavy atom. The number of carbonyl (C=O) groups is 1. The molecule has 0 heterocycles. The second-order valence-electron chi connectivity index (χ2n) is 19.2. The van der Waals surface area contributed by atoms with E-state index in [1.165, 1.54) is 110 Å². The highest BCUT2D eigenvalue weighted by Gasteiger charge is 2.35. The molecule has 0 aromatic carbocycles. The lowest BCUT2D eigenvalue weighted by atomic mass is 9.67. The number of ether oxygens (including phenoxy) is 1. The summed E-state index contributed by atoms with van der Waals surface area (Å²) in [6.07, 6.45) is 51.8. The summed E-state index contributed by atoms with van der Waals surface area (Å²) in [4.78, 5) is 12.7. The van der Waals surface area contributed by atoms with Crippen LogP contribution in [0, 0.1) is 16.7 Å². The van der Waals surface area contributed by atoms with Crippen molar-refractivity contribution in [2.45, 2.75) is 198 Å². The number of unbranched alkanes of at least 4 members (excludes halogenated alkanes) is 12. The van der Waals surface area contributed by atoms with Crippen LogP contribution in [0.15, 0.2) is 130 Å². The Labute approximate surface area is 363 Å². The second kappa shape index (κ2) is 28.2. The average molecular weight is 807 g/mol. The molecule has 0 bridgehead atoms. The van der Waals surface area contributed by atoms with Crippen molar-refractivity contribution in [3.05, 3.63) is 130 Å². The highest BCUT2D eigenvalue weighted by Crippen LogP contribution is 2.43. The van der Waals surface area contributed by atoms with Crippen molar-refractivity contribution in [3.8, 4) is 0 Å². The predicted octanol–water partition coefficient (Wildman–Crippen LogP) is 16.4. The quantitative estimate of drug-likeness (QED) is 0.0433. The van der Waals surface area contributed by atoms with Crippen molar-refractivity contribution in [2.24, 2.45) is 16.7 Å². The Balaban J connectivity index is 1.76. The number of aliphatic hydroxyl groups excluding tert-OH is 1. The maximum Gasteiger partial charge on any atom is 0.306 e. The zero-order valence-corrected chi connectivity index (χ0v) is 39.7. The van der Waals surface area contributed by atoms with Gasteiger partial charge in [-0.2, -0.15) is 0 Å². The number of hydrogen-bond donors (Lipinski definition) is 1. The lowest BCUT2D eigenvalue weighted by Gasteiger charge is -2.38. The minimum absolute atomic E-state index is 0.0243. The van der Waals surface area contributed by atoms with Gasteiger partial charge in [0.05, 0.1) is 6.10 Å². The third-order valence-corrected chi connectivity index (χ3v) is 12.1. The minimum Gasteiger partial charge on any atom is -0.462 e. The molecular formula is C56H86O3. The van der Waals surface area contributed by atoms with E-state index in [0.717, 1.165) is 32.1 Å². The zero-order chi connectivity index (χ0) is 43.7. The summed E-state index contributed by atoms with van der Waals surface area (Å²) in [5.74, 6) is 0.316. The highest BCUT2D eigenvalue weighted by atomic mass is 16.5. The van der Waals surface area contributed by atoms with E-state index in [-0.39, 0.29) is 29.0 Å². The van der Waals surface area contributed by atoms with E-state index in [1.807, 2.05) is 6.08 Å². The molecule has 0 aliphatic heterocycles. The normalized spacial score (nSPS) is 22.2. The smallest absolute Gasteiger partial charge is 0.306 e. The van der Waals surface area contributed by atoms with Crippen molar-refractivity contribution < 1.29 is 14.6 Å². The van der Waals surface area contributed by atoms with Gasteiger partial charge < -0.3 is 9.84 Å². The molecule has 3 unspecified atom stereocenters. The number of allylic oxidation sites excluding steroid dienone is 20. The predicted molar refractivity (Wildman–Crippen MR) is 258 cm³/mol. The molecule has 3 heteroatoms. The first-order valence-corrected chi connectivity index (χ1v) is 23.4. The molecule has 0 saturated carbocycles. The van der Waals surface area contributed by atoms with Gasteiger partial charge in [0, 0.05) is 18.8 Å². The van der Waals surface area contributed by atoms with Gasteiger partial charge in [0.15, 0.2) is 0 Å². The monoisotopic (exact) mass is 807 g/mol. The van der Waals surface area contributed by atoms with Gasteiger partial charge in [-0.05, 0) is 77.2 Å². The van der Waals surface area contributed by atoms with Gasteiger partial charge in [0.25, 0.3) is 0 Å². The first kappa shape index (κ1) is 51.7. The summed E-state index contributed by atoms with van der Waals surface area (Å²) in [6.45, 7) is 24.1. The fourth-order valence-corrected chi connectivity index (χ4v) is 8.73. The number of esters is 1. The van der Waals surface area contributed by atoms with E-state index in [4.69, 9.17) is 4.74 Å². The van der Waals surface area contributed by atoms with E-state index in [1.54, 1.807) is 0 Å². The van der Waals surface area contributed by atoms with Gasteiger partial charge in [-0.25, -0.2) is 0 Å². The molecule has 59 heavy (non-hydrogen) atoms. The lowest BCUT2D eigenvalue weighted by molar-refractivity contribution is -0.150. The molecule has 2 aliphatic rings. The van der Waals surface area contributed by atoms with E-state index >= 15 is 0 Å². The fourth-order valence-electron chi connectivity index (χ4n) is 8.73. The largest absolute Gasteiger partial charge is 0.462 e. The molecule has 0 spiro atoms. The molecule has 2 aliphatic carbocycles. The molecule has 0 saturated heterocycles. The number of hydrogen-bond acceptors (Lipinski definition) is 3. The molecule has 1 N–H and O–H groups in total. The maximum absolute atomic E-state index is 12.7. The van der Waals surface area contributed by atoms with E-state index in [9.17, 15) is 9.90 Å². The number of aliphatic hydroxyl groups is 1. The van der Waals surface area contributed by atoms with Gasteiger partial charge in [0.1, 0.15) is 6.10 Å². The molecule has 0 amide bonds. The number of carbonyl (C=O) groups excluding carboxylic acids is 1.